The highest BCUT2D eigenvalue weighted by atomic mass is 16.5. The van der Waals surface area contributed by atoms with Crippen molar-refractivity contribution in [3.8, 4) is 5.75 Å². The molecule has 20 heavy (non-hydrogen) atoms. The third-order valence-electron chi connectivity index (χ3n) is 4.55. The van der Waals surface area contributed by atoms with Crippen LogP contribution in [0.5, 0.6) is 5.75 Å². The van der Waals surface area contributed by atoms with E-state index in [1.807, 2.05) is 0 Å². The second-order valence-electron chi connectivity index (χ2n) is 6.70. The fraction of sp³-hybridized carbons (Fsp3) is 0.647. The minimum Gasteiger partial charge on any atom is -0.491 e. The smallest absolute Gasteiger partial charge is 0.119 e. The Bertz CT molecular complexity index is 435. The van der Waals surface area contributed by atoms with Gasteiger partial charge in [0.25, 0.3) is 0 Å². The zero-order chi connectivity index (χ0) is 14.0. The lowest BCUT2D eigenvalue weighted by Crippen LogP contribution is -2.28. The molecule has 1 N–H and O–H groups in total. The first-order valence-corrected chi connectivity index (χ1v) is 7.84. The predicted molar refractivity (Wildman–Crippen MR) is 82.0 cm³/mol. The summed E-state index contributed by atoms with van der Waals surface area (Å²) in [5, 5.41) is 3.52. The van der Waals surface area contributed by atoms with Gasteiger partial charge in [-0.1, -0.05) is 12.1 Å². The SMILES string of the molecule is CC(C)Oc1ccc(CN2CCC3(CCNC3)C2)cc1. The number of hydrogen-bond donors (Lipinski definition) is 1. The number of hydrogen-bond acceptors (Lipinski definition) is 3. The van der Waals surface area contributed by atoms with E-state index in [0.29, 0.717) is 5.41 Å². The molecule has 1 atom stereocenters. The van der Waals surface area contributed by atoms with Crippen LogP contribution >= 0.6 is 0 Å². The van der Waals surface area contributed by atoms with Crippen molar-refractivity contribution in [2.45, 2.75) is 39.3 Å². The van der Waals surface area contributed by atoms with E-state index in [4.69, 9.17) is 4.74 Å². The third-order valence-corrected chi connectivity index (χ3v) is 4.55. The lowest BCUT2D eigenvalue weighted by molar-refractivity contribution is 0.242. The fourth-order valence-corrected chi connectivity index (χ4v) is 3.51. The Morgan fingerprint density at radius 1 is 1.25 bits per heavy atom. The van der Waals surface area contributed by atoms with E-state index in [0.717, 1.165) is 12.3 Å². The van der Waals surface area contributed by atoms with Crippen LogP contribution in [-0.4, -0.2) is 37.2 Å². The lowest BCUT2D eigenvalue weighted by atomic mass is 9.86. The van der Waals surface area contributed by atoms with Gasteiger partial charge in [-0.25, -0.2) is 0 Å². The third kappa shape index (κ3) is 3.15. The second-order valence-corrected chi connectivity index (χ2v) is 6.70. The Morgan fingerprint density at radius 3 is 2.70 bits per heavy atom. The molecule has 3 nitrogen and oxygen atoms in total. The summed E-state index contributed by atoms with van der Waals surface area (Å²) < 4.78 is 5.69. The summed E-state index contributed by atoms with van der Waals surface area (Å²) >= 11 is 0. The van der Waals surface area contributed by atoms with Gasteiger partial charge in [-0.15, -0.1) is 0 Å². The second kappa shape index (κ2) is 5.74. The van der Waals surface area contributed by atoms with Gasteiger partial charge in [-0.05, 0) is 62.9 Å². The normalized spacial score (nSPS) is 26.8. The number of rotatable bonds is 4. The first kappa shape index (κ1) is 13.9. The van der Waals surface area contributed by atoms with Crippen molar-refractivity contribution < 1.29 is 4.74 Å². The molecule has 2 aliphatic rings. The van der Waals surface area contributed by atoms with E-state index >= 15 is 0 Å². The first-order chi connectivity index (χ1) is 9.65. The van der Waals surface area contributed by atoms with Crippen LogP contribution < -0.4 is 10.1 Å². The van der Waals surface area contributed by atoms with Gasteiger partial charge in [-0.2, -0.15) is 0 Å². The van der Waals surface area contributed by atoms with E-state index in [-0.39, 0.29) is 6.10 Å². The van der Waals surface area contributed by atoms with Gasteiger partial charge in [0.15, 0.2) is 0 Å². The minimum atomic E-state index is 0.245. The number of nitrogens with zero attached hydrogens (tertiary/aromatic N) is 1. The molecule has 2 fully saturated rings. The zero-order valence-corrected chi connectivity index (χ0v) is 12.7. The summed E-state index contributed by atoms with van der Waals surface area (Å²) in [6.07, 6.45) is 2.95. The largest absolute Gasteiger partial charge is 0.491 e. The van der Waals surface area contributed by atoms with E-state index < -0.39 is 0 Å². The molecule has 2 saturated heterocycles. The average Bonchev–Trinajstić information content (AvgIpc) is 3.02. The number of likely N-dealkylation sites (tertiary alicyclic amines) is 1. The van der Waals surface area contributed by atoms with Gasteiger partial charge in [0, 0.05) is 19.6 Å². The van der Waals surface area contributed by atoms with Crippen molar-refractivity contribution in [3.05, 3.63) is 29.8 Å². The monoisotopic (exact) mass is 274 g/mol. The van der Waals surface area contributed by atoms with Gasteiger partial charge < -0.3 is 10.1 Å². The summed E-state index contributed by atoms with van der Waals surface area (Å²) in [6, 6.07) is 8.60. The van der Waals surface area contributed by atoms with Crippen molar-refractivity contribution in [1.29, 1.82) is 0 Å². The van der Waals surface area contributed by atoms with Crippen LogP contribution in [0.4, 0.5) is 0 Å². The maximum Gasteiger partial charge on any atom is 0.119 e. The minimum absolute atomic E-state index is 0.245. The van der Waals surface area contributed by atoms with Crippen LogP contribution in [0, 0.1) is 5.41 Å². The quantitative estimate of drug-likeness (QED) is 0.913. The molecule has 2 heterocycles. The Kier molecular flexibility index (Phi) is 3.99. The highest BCUT2D eigenvalue weighted by Gasteiger charge is 2.39. The number of ether oxygens (including phenoxy) is 1. The van der Waals surface area contributed by atoms with Crippen molar-refractivity contribution in [2.75, 3.05) is 26.2 Å². The Labute approximate surface area is 122 Å². The van der Waals surface area contributed by atoms with Crippen molar-refractivity contribution in [3.63, 3.8) is 0 Å². The zero-order valence-electron chi connectivity index (χ0n) is 12.7. The van der Waals surface area contributed by atoms with Gasteiger partial charge >= 0.3 is 0 Å². The molecule has 1 spiro atoms. The summed E-state index contributed by atoms with van der Waals surface area (Å²) in [5.74, 6) is 0.974. The first-order valence-electron chi connectivity index (χ1n) is 7.84. The van der Waals surface area contributed by atoms with Gasteiger partial charge in [0.05, 0.1) is 6.10 Å². The van der Waals surface area contributed by atoms with Gasteiger partial charge in [0.2, 0.25) is 0 Å². The van der Waals surface area contributed by atoms with E-state index in [1.54, 1.807) is 0 Å². The summed E-state index contributed by atoms with van der Waals surface area (Å²) in [7, 11) is 0. The van der Waals surface area contributed by atoms with Crippen molar-refractivity contribution >= 4 is 0 Å². The molecule has 0 radical (unpaired) electrons. The van der Waals surface area contributed by atoms with Crippen LogP contribution in [0.1, 0.15) is 32.3 Å². The molecule has 0 aromatic heterocycles. The molecule has 2 aliphatic heterocycles. The molecular weight excluding hydrogens is 248 g/mol. The summed E-state index contributed by atoms with van der Waals surface area (Å²) in [6.45, 7) is 10.1. The Morgan fingerprint density at radius 2 is 2.05 bits per heavy atom. The van der Waals surface area contributed by atoms with Gasteiger partial charge in [0.1, 0.15) is 5.75 Å². The molecule has 1 aromatic carbocycles. The summed E-state index contributed by atoms with van der Waals surface area (Å²) in [5.41, 5.74) is 1.96. The van der Waals surface area contributed by atoms with E-state index in [1.165, 1.54) is 44.6 Å². The standard InChI is InChI=1S/C17H26N2O/c1-14(2)20-16-5-3-15(4-6-16)11-19-10-8-17(13-19)7-9-18-12-17/h3-6,14,18H,7-13H2,1-2H3. The van der Waals surface area contributed by atoms with Crippen LogP contribution in [0.3, 0.4) is 0 Å². The van der Waals surface area contributed by atoms with Crippen LogP contribution in [0.25, 0.3) is 0 Å². The highest BCUT2D eigenvalue weighted by molar-refractivity contribution is 5.27. The lowest BCUT2D eigenvalue weighted by Gasteiger charge is -2.23. The maximum atomic E-state index is 5.69. The summed E-state index contributed by atoms with van der Waals surface area (Å²) in [4.78, 5) is 2.60. The molecule has 3 rings (SSSR count). The predicted octanol–water partition coefficient (Wildman–Crippen LogP) is 2.66. The average molecular weight is 274 g/mol. The van der Waals surface area contributed by atoms with E-state index in [9.17, 15) is 0 Å². The van der Waals surface area contributed by atoms with E-state index in [2.05, 4.69) is 48.3 Å². The molecule has 0 bridgehead atoms. The van der Waals surface area contributed by atoms with Crippen molar-refractivity contribution in [2.24, 2.45) is 5.41 Å². The van der Waals surface area contributed by atoms with Crippen LogP contribution in [-0.2, 0) is 6.54 Å². The van der Waals surface area contributed by atoms with Crippen molar-refractivity contribution in [1.82, 2.24) is 10.2 Å². The number of benzene rings is 1. The maximum absolute atomic E-state index is 5.69. The Balaban J connectivity index is 1.56. The molecule has 0 amide bonds. The molecule has 3 heteroatoms. The molecule has 0 aliphatic carbocycles. The molecule has 110 valence electrons. The van der Waals surface area contributed by atoms with Crippen LogP contribution in [0.15, 0.2) is 24.3 Å². The van der Waals surface area contributed by atoms with Crippen LogP contribution in [0.2, 0.25) is 0 Å². The van der Waals surface area contributed by atoms with Gasteiger partial charge in [-0.3, -0.25) is 4.90 Å². The fourth-order valence-electron chi connectivity index (χ4n) is 3.51. The topological polar surface area (TPSA) is 24.5 Å². The molecular formula is C17H26N2O. The number of nitrogens with one attached hydrogen (secondary N) is 1. The molecule has 1 aromatic rings. The molecule has 0 saturated carbocycles. The molecule has 1 unspecified atom stereocenters. The Hall–Kier alpha value is -1.06. The highest BCUT2D eigenvalue weighted by Crippen LogP contribution is 2.36.